The molecule has 1 unspecified atom stereocenters. The van der Waals surface area contributed by atoms with Gasteiger partial charge in [-0.1, -0.05) is 0 Å². The summed E-state index contributed by atoms with van der Waals surface area (Å²) in [7, 11) is 3.37. The minimum absolute atomic E-state index is 0.0654. The number of hydrogen-bond acceptors (Lipinski definition) is 5. The number of carbonyl (C=O) groups is 2. The summed E-state index contributed by atoms with van der Waals surface area (Å²) in [5, 5.41) is 5.74. The molecule has 0 saturated carbocycles. The Kier molecular flexibility index (Phi) is 11.5. The van der Waals surface area contributed by atoms with Gasteiger partial charge in [0.15, 0.2) is 0 Å². The Bertz CT molecular complexity index is 259. The Morgan fingerprint density at radius 3 is 2.53 bits per heavy atom. The molecule has 0 heterocycles. The maximum absolute atomic E-state index is 11.3. The molecule has 6 heteroatoms. The van der Waals surface area contributed by atoms with Crippen molar-refractivity contribution in [3.8, 4) is 0 Å². The van der Waals surface area contributed by atoms with E-state index in [-0.39, 0.29) is 24.3 Å². The molecular weight excluding hydrogens is 248 g/mol. The van der Waals surface area contributed by atoms with Crippen molar-refractivity contribution in [2.24, 2.45) is 0 Å². The van der Waals surface area contributed by atoms with E-state index in [9.17, 15) is 9.59 Å². The summed E-state index contributed by atoms with van der Waals surface area (Å²) >= 11 is 0. The van der Waals surface area contributed by atoms with E-state index >= 15 is 0 Å². The SMILES string of the molecule is CNC(CCCCNC(=O)COCCOC)C(C)=O. The second-order valence-electron chi connectivity index (χ2n) is 4.34. The average molecular weight is 274 g/mol. The molecule has 0 rings (SSSR count). The maximum Gasteiger partial charge on any atom is 0.245 e. The van der Waals surface area contributed by atoms with E-state index in [1.54, 1.807) is 21.1 Å². The summed E-state index contributed by atoms with van der Waals surface area (Å²) in [6, 6.07) is -0.0759. The molecule has 0 saturated heterocycles. The summed E-state index contributed by atoms with van der Waals surface area (Å²) in [4.78, 5) is 22.5. The van der Waals surface area contributed by atoms with E-state index in [4.69, 9.17) is 9.47 Å². The van der Waals surface area contributed by atoms with Crippen LogP contribution in [0.25, 0.3) is 0 Å². The highest BCUT2D eigenvalue weighted by Gasteiger charge is 2.10. The van der Waals surface area contributed by atoms with Gasteiger partial charge in [-0.15, -0.1) is 0 Å². The molecule has 1 amide bonds. The Labute approximate surface area is 115 Å². The van der Waals surface area contributed by atoms with Crippen molar-refractivity contribution in [1.82, 2.24) is 10.6 Å². The molecule has 0 aliphatic heterocycles. The first-order chi connectivity index (χ1) is 9.11. The van der Waals surface area contributed by atoms with Crippen molar-refractivity contribution in [1.29, 1.82) is 0 Å². The van der Waals surface area contributed by atoms with E-state index in [1.807, 2.05) is 0 Å². The number of amides is 1. The van der Waals surface area contributed by atoms with Crippen LogP contribution in [-0.4, -0.2) is 58.3 Å². The lowest BCUT2D eigenvalue weighted by molar-refractivity contribution is -0.126. The van der Waals surface area contributed by atoms with E-state index < -0.39 is 0 Å². The predicted octanol–water partition coefficient (Wildman–Crippen LogP) is 0.113. The van der Waals surface area contributed by atoms with Crippen molar-refractivity contribution in [3.63, 3.8) is 0 Å². The number of unbranched alkanes of at least 4 members (excludes halogenated alkanes) is 1. The van der Waals surface area contributed by atoms with Crippen molar-refractivity contribution in [2.45, 2.75) is 32.2 Å². The summed E-state index contributed by atoms with van der Waals surface area (Å²) in [5.74, 6) is 0.0333. The molecule has 0 radical (unpaired) electrons. The standard InChI is InChI=1S/C13H26N2O4/c1-11(16)12(14-2)6-4-5-7-15-13(17)10-19-9-8-18-3/h12,14H,4-10H2,1-3H3,(H,15,17). The van der Waals surface area contributed by atoms with E-state index in [0.717, 1.165) is 19.3 Å². The zero-order valence-corrected chi connectivity index (χ0v) is 12.2. The van der Waals surface area contributed by atoms with E-state index in [1.165, 1.54) is 0 Å². The summed E-state index contributed by atoms with van der Waals surface area (Å²) in [6.07, 6.45) is 2.55. The number of rotatable bonds is 12. The highest BCUT2D eigenvalue weighted by atomic mass is 16.5. The van der Waals surface area contributed by atoms with Crippen LogP contribution in [0, 0.1) is 0 Å². The number of ketones is 1. The topological polar surface area (TPSA) is 76.7 Å². The lowest BCUT2D eigenvalue weighted by atomic mass is 10.1. The average Bonchev–Trinajstić information content (AvgIpc) is 2.38. The van der Waals surface area contributed by atoms with Crippen LogP contribution in [0.2, 0.25) is 0 Å². The van der Waals surface area contributed by atoms with Gasteiger partial charge in [0.05, 0.1) is 19.3 Å². The highest BCUT2D eigenvalue weighted by molar-refractivity contribution is 5.81. The van der Waals surface area contributed by atoms with Crippen molar-refractivity contribution in [3.05, 3.63) is 0 Å². The number of likely N-dealkylation sites (N-methyl/N-ethyl adjacent to an activating group) is 1. The van der Waals surface area contributed by atoms with Crippen LogP contribution in [0.3, 0.4) is 0 Å². The first kappa shape index (κ1) is 18.0. The molecule has 0 bridgehead atoms. The van der Waals surface area contributed by atoms with Crippen LogP contribution in [0.4, 0.5) is 0 Å². The monoisotopic (exact) mass is 274 g/mol. The molecule has 2 N–H and O–H groups in total. The fraction of sp³-hybridized carbons (Fsp3) is 0.846. The third-order valence-electron chi connectivity index (χ3n) is 2.75. The lowest BCUT2D eigenvalue weighted by Crippen LogP contribution is -2.32. The highest BCUT2D eigenvalue weighted by Crippen LogP contribution is 2.01. The molecular formula is C13H26N2O4. The van der Waals surface area contributed by atoms with Crippen molar-refractivity contribution < 1.29 is 19.1 Å². The van der Waals surface area contributed by atoms with Crippen LogP contribution in [0.5, 0.6) is 0 Å². The van der Waals surface area contributed by atoms with Crippen molar-refractivity contribution in [2.75, 3.05) is 40.5 Å². The van der Waals surface area contributed by atoms with Gasteiger partial charge in [0.2, 0.25) is 5.91 Å². The number of methoxy groups -OCH3 is 1. The largest absolute Gasteiger partial charge is 0.382 e. The zero-order valence-electron chi connectivity index (χ0n) is 12.2. The van der Waals surface area contributed by atoms with Crippen LogP contribution in [0.1, 0.15) is 26.2 Å². The molecule has 6 nitrogen and oxygen atoms in total. The van der Waals surface area contributed by atoms with Gasteiger partial charge >= 0.3 is 0 Å². The minimum atomic E-state index is -0.118. The molecule has 1 atom stereocenters. The molecule has 112 valence electrons. The molecule has 0 aromatic carbocycles. The van der Waals surface area contributed by atoms with Crippen molar-refractivity contribution >= 4 is 11.7 Å². The van der Waals surface area contributed by atoms with Crippen LogP contribution < -0.4 is 10.6 Å². The number of carbonyl (C=O) groups excluding carboxylic acids is 2. The van der Waals surface area contributed by atoms with Crippen LogP contribution >= 0.6 is 0 Å². The van der Waals surface area contributed by atoms with Gasteiger partial charge in [-0.3, -0.25) is 9.59 Å². The Morgan fingerprint density at radius 2 is 1.95 bits per heavy atom. The molecule has 0 fully saturated rings. The van der Waals surface area contributed by atoms with Gasteiger partial charge < -0.3 is 20.1 Å². The molecule has 0 aliphatic rings. The molecule has 0 aromatic rings. The first-order valence-electron chi connectivity index (χ1n) is 6.63. The van der Waals surface area contributed by atoms with E-state index in [2.05, 4.69) is 10.6 Å². The number of ether oxygens (including phenoxy) is 2. The minimum Gasteiger partial charge on any atom is -0.382 e. The Morgan fingerprint density at radius 1 is 1.21 bits per heavy atom. The summed E-state index contributed by atoms with van der Waals surface area (Å²) < 4.78 is 9.89. The lowest BCUT2D eigenvalue weighted by Gasteiger charge is -2.12. The number of hydrogen-bond donors (Lipinski definition) is 2. The summed E-state index contributed by atoms with van der Waals surface area (Å²) in [5.41, 5.74) is 0. The molecule has 19 heavy (non-hydrogen) atoms. The van der Waals surface area contributed by atoms with Gasteiger partial charge in [0, 0.05) is 13.7 Å². The third kappa shape index (κ3) is 10.6. The van der Waals surface area contributed by atoms with E-state index in [0.29, 0.717) is 19.8 Å². The third-order valence-corrected chi connectivity index (χ3v) is 2.75. The second-order valence-corrected chi connectivity index (χ2v) is 4.34. The fourth-order valence-corrected chi connectivity index (χ4v) is 1.61. The fourth-order valence-electron chi connectivity index (χ4n) is 1.61. The quantitative estimate of drug-likeness (QED) is 0.494. The summed E-state index contributed by atoms with van der Waals surface area (Å²) in [6.45, 7) is 3.17. The second kappa shape index (κ2) is 12.1. The molecule has 0 spiro atoms. The van der Waals surface area contributed by atoms with Gasteiger partial charge in [-0.2, -0.15) is 0 Å². The van der Waals surface area contributed by atoms with Gasteiger partial charge in [0.1, 0.15) is 12.4 Å². The van der Waals surface area contributed by atoms with Gasteiger partial charge in [-0.25, -0.2) is 0 Å². The van der Waals surface area contributed by atoms with Gasteiger partial charge in [0.25, 0.3) is 0 Å². The Balaban J connectivity index is 3.43. The number of Topliss-reactive ketones (excluding diaryl/α,β-unsaturated/α-hetero) is 1. The smallest absolute Gasteiger partial charge is 0.245 e. The molecule has 0 aromatic heterocycles. The Hall–Kier alpha value is -0.980. The first-order valence-corrected chi connectivity index (χ1v) is 6.63. The van der Waals surface area contributed by atoms with Gasteiger partial charge in [-0.05, 0) is 33.2 Å². The maximum atomic E-state index is 11.3. The molecule has 0 aliphatic carbocycles. The number of nitrogens with one attached hydrogen (secondary N) is 2. The van der Waals surface area contributed by atoms with Crippen LogP contribution in [-0.2, 0) is 19.1 Å². The van der Waals surface area contributed by atoms with Crippen LogP contribution in [0.15, 0.2) is 0 Å². The normalized spacial score (nSPS) is 12.2. The predicted molar refractivity (Wildman–Crippen MR) is 73.1 cm³/mol. The zero-order chi connectivity index (χ0) is 14.5.